The van der Waals surface area contributed by atoms with Gasteiger partial charge in [-0.2, -0.15) is 10.5 Å². The van der Waals surface area contributed by atoms with Gasteiger partial charge in [0.15, 0.2) is 5.82 Å². The van der Waals surface area contributed by atoms with E-state index in [0.717, 1.165) is 119 Å². The molecule has 9 heteroatoms. The van der Waals surface area contributed by atoms with Crippen LogP contribution in [-0.2, 0) is 0 Å². The van der Waals surface area contributed by atoms with E-state index in [2.05, 4.69) is 261 Å². The van der Waals surface area contributed by atoms with E-state index < -0.39 is 0 Å². The lowest BCUT2D eigenvalue weighted by Crippen LogP contribution is -2.26. The molecule has 2 atom stereocenters. The summed E-state index contributed by atoms with van der Waals surface area (Å²) in [5, 5.41) is 25.3. The molecular weight excluding hydrogens is 1130 g/mol. The van der Waals surface area contributed by atoms with E-state index >= 15 is 0 Å². The smallest absolute Gasteiger partial charge is 0.156 e. The highest BCUT2D eigenvalue weighted by Crippen LogP contribution is 2.58. The average molecular weight is 1190 g/mol. The normalized spacial score (nSPS) is 15.0. The molecule has 6 heterocycles. The van der Waals surface area contributed by atoms with Gasteiger partial charge in [-0.15, -0.1) is 0 Å². The van der Waals surface area contributed by atoms with Crippen LogP contribution in [0.5, 0.6) is 0 Å². The molecule has 0 amide bonds. The number of nitrogens with zero attached hydrogens (tertiary/aromatic N) is 9. The summed E-state index contributed by atoms with van der Waals surface area (Å²) in [5.74, 6) is 1.65. The zero-order valence-electron chi connectivity index (χ0n) is 50.4. The summed E-state index contributed by atoms with van der Waals surface area (Å²) in [6.07, 6.45) is 12.0. The van der Waals surface area contributed by atoms with Crippen LogP contribution in [0, 0.1) is 22.7 Å². The topological polar surface area (TPSA) is 104 Å². The van der Waals surface area contributed by atoms with Gasteiger partial charge in [0.05, 0.1) is 79.7 Å². The van der Waals surface area contributed by atoms with Crippen LogP contribution >= 0.6 is 0 Å². The Morgan fingerprint density at radius 2 is 1.02 bits per heavy atom. The van der Waals surface area contributed by atoms with Gasteiger partial charge in [0.1, 0.15) is 5.82 Å². The highest BCUT2D eigenvalue weighted by molar-refractivity contribution is 6.26. The first-order valence-corrected chi connectivity index (χ1v) is 31.7. The Bertz CT molecular complexity index is 5730. The minimum Gasteiger partial charge on any atom is -0.331 e. The third kappa shape index (κ3) is 8.63. The van der Waals surface area contributed by atoms with Crippen molar-refractivity contribution in [3.63, 3.8) is 0 Å². The lowest BCUT2D eigenvalue weighted by Gasteiger charge is -2.33. The van der Waals surface area contributed by atoms with Gasteiger partial charge in [0.25, 0.3) is 0 Å². The van der Waals surface area contributed by atoms with E-state index in [1.54, 1.807) is 0 Å². The molecule has 1 aliphatic heterocycles. The molecule has 18 rings (SSSR count). The molecule has 0 spiro atoms. The Labute approximate surface area is 536 Å². The first kappa shape index (κ1) is 53.6. The molecule has 3 aliphatic rings. The number of allylic oxidation sites excluding steroid dienone is 4. The van der Waals surface area contributed by atoms with Crippen molar-refractivity contribution < 1.29 is 0 Å². The number of rotatable bonds is 9. The number of nitriles is 2. The quantitative estimate of drug-likeness (QED) is 0.143. The van der Waals surface area contributed by atoms with Crippen molar-refractivity contribution in [3.8, 4) is 68.5 Å². The maximum Gasteiger partial charge on any atom is 0.156 e. The summed E-state index contributed by atoms with van der Waals surface area (Å²) in [7, 11) is 0. The second-order valence-electron chi connectivity index (χ2n) is 24.3. The number of pyridine rings is 1. The van der Waals surface area contributed by atoms with Gasteiger partial charge in [-0.1, -0.05) is 188 Å². The number of anilines is 2. The molecule has 0 bridgehead atoms. The Morgan fingerprint density at radius 3 is 1.75 bits per heavy atom. The monoisotopic (exact) mass is 1190 g/mol. The number of aromatic nitrogens is 6. The number of hydrogen-bond acceptors (Lipinski definition) is 6. The number of hydrogen-bond donors (Lipinski definition) is 0. The van der Waals surface area contributed by atoms with Crippen LogP contribution in [0.3, 0.4) is 0 Å². The lowest BCUT2D eigenvalue weighted by atomic mass is 9.86. The van der Waals surface area contributed by atoms with Gasteiger partial charge in [0.2, 0.25) is 0 Å². The van der Waals surface area contributed by atoms with Gasteiger partial charge < -0.3 is 14.0 Å². The first-order chi connectivity index (χ1) is 46.0. The van der Waals surface area contributed by atoms with Crippen molar-refractivity contribution in [2.24, 2.45) is 0 Å². The van der Waals surface area contributed by atoms with Crippen LogP contribution in [0.15, 0.2) is 279 Å². The summed E-state index contributed by atoms with van der Waals surface area (Å²) < 4.78 is 7.32. The predicted octanol–water partition coefficient (Wildman–Crippen LogP) is 20.5. The first-order valence-electron chi connectivity index (χ1n) is 31.7. The summed E-state index contributed by atoms with van der Waals surface area (Å²) in [6.45, 7) is 0. The standard InChI is InChI=1S/C84H55N9/c85-51-53-32-36-56(37-33-53)71-26-15-31-78(87-71)93-77-30-14-25-63(79(77)70-49-48-69-66-24-8-11-28-75(66)91(82(69)83(70)93)61-19-5-2-6-20-61)55-40-42-58(43-41-55)73-50-72(57-38-34-54(52-86)35-39-57)88-84(89-73)59-16-13-21-62(45-44-59)92-76-29-12-9-23-65(76)68-47-46-67-64-22-7-10-27-74(64)90(80(67)81(68)92)60-17-3-1-4-18-60/h1-12,14-15,17-20,22-50,67,80H,13,16,21H2. The van der Waals surface area contributed by atoms with Crippen LogP contribution in [0.1, 0.15) is 65.0 Å². The Kier molecular flexibility index (Phi) is 12.5. The molecule has 0 fully saturated rings. The molecule has 0 saturated heterocycles. The van der Waals surface area contributed by atoms with E-state index in [1.807, 2.05) is 54.6 Å². The molecule has 436 valence electrons. The third-order valence-electron chi connectivity index (χ3n) is 19.2. The van der Waals surface area contributed by atoms with Crippen molar-refractivity contribution in [2.75, 3.05) is 4.90 Å². The molecule has 2 aliphatic carbocycles. The fourth-order valence-electron chi connectivity index (χ4n) is 15.1. The van der Waals surface area contributed by atoms with E-state index in [4.69, 9.17) is 15.0 Å². The van der Waals surface area contributed by atoms with Crippen LogP contribution in [0.2, 0.25) is 0 Å². The van der Waals surface area contributed by atoms with E-state index in [-0.39, 0.29) is 12.0 Å². The van der Waals surface area contributed by atoms with Crippen molar-refractivity contribution in [2.45, 2.75) is 31.2 Å². The van der Waals surface area contributed by atoms with Crippen molar-refractivity contribution >= 4 is 83.2 Å². The summed E-state index contributed by atoms with van der Waals surface area (Å²) >= 11 is 0. The Balaban J connectivity index is 0.775. The molecule has 5 aromatic heterocycles. The van der Waals surface area contributed by atoms with Crippen molar-refractivity contribution in [1.29, 1.82) is 10.5 Å². The molecule has 2 unspecified atom stereocenters. The van der Waals surface area contributed by atoms with E-state index in [9.17, 15) is 10.5 Å². The SMILES string of the molecule is N#Cc1ccc(-c2cccc(-n3c4cccc(-c5ccc(-c6cc(-c7ccc(C#N)cc7)nc(C7=CC=C(n8c9c(c%10ccccc%108)C=CC8c%10ccccc%10N(c%10ccccc%10)C98)CCC7)n6)cc5)c4c4ccc5c6ccccc6n(-c6ccccc6)c5c43)n2)cc1. The van der Waals surface area contributed by atoms with E-state index in [1.165, 1.54) is 50.2 Å². The lowest BCUT2D eigenvalue weighted by molar-refractivity contribution is 0.635. The number of benzene rings is 10. The third-order valence-corrected chi connectivity index (χ3v) is 19.2. The predicted molar refractivity (Wildman–Crippen MR) is 377 cm³/mol. The fraction of sp³-hybridized carbons (Fsp3) is 0.0595. The Hall–Kier alpha value is -12.4. The van der Waals surface area contributed by atoms with Gasteiger partial charge in [-0.25, -0.2) is 15.0 Å². The Morgan fingerprint density at radius 1 is 0.430 bits per heavy atom. The minimum absolute atomic E-state index is 0.0478. The highest BCUT2D eigenvalue weighted by atomic mass is 15.2. The minimum atomic E-state index is 0.0478. The number of para-hydroxylation sites is 5. The molecule has 15 aromatic rings. The number of fused-ring (bicyclic) bond motifs is 14. The molecule has 0 N–H and O–H groups in total. The van der Waals surface area contributed by atoms with Crippen LogP contribution < -0.4 is 4.90 Å². The molecule has 9 nitrogen and oxygen atoms in total. The van der Waals surface area contributed by atoms with Gasteiger partial charge in [0, 0.05) is 77.9 Å². The summed E-state index contributed by atoms with van der Waals surface area (Å²) in [4.78, 5) is 18.9. The van der Waals surface area contributed by atoms with Gasteiger partial charge in [-0.3, -0.25) is 4.57 Å². The zero-order valence-corrected chi connectivity index (χ0v) is 50.4. The zero-order chi connectivity index (χ0) is 61.7. The van der Waals surface area contributed by atoms with Gasteiger partial charge >= 0.3 is 0 Å². The van der Waals surface area contributed by atoms with Crippen LogP contribution in [0.4, 0.5) is 11.4 Å². The van der Waals surface area contributed by atoms with Gasteiger partial charge in [-0.05, 0) is 139 Å². The van der Waals surface area contributed by atoms with E-state index in [0.29, 0.717) is 17.0 Å². The fourth-order valence-corrected chi connectivity index (χ4v) is 15.1. The van der Waals surface area contributed by atoms with Crippen molar-refractivity contribution in [1.82, 2.24) is 28.7 Å². The maximum absolute atomic E-state index is 9.84. The molecule has 0 radical (unpaired) electrons. The summed E-state index contributed by atoms with van der Waals surface area (Å²) in [6, 6.07) is 96.3. The van der Waals surface area contributed by atoms with Crippen molar-refractivity contribution in [3.05, 3.63) is 313 Å². The van der Waals surface area contributed by atoms with Crippen LogP contribution in [-0.4, -0.2) is 28.7 Å². The summed E-state index contributed by atoms with van der Waals surface area (Å²) in [5.41, 5.74) is 23.8. The average Bonchev–Trinajstić information content (AvgIpc) is 1.57. The second kappa shape index (κ2) is 21.7. The maximum atomic E-state index is 9.84. The molecule has 0 saturated carbocycles. The highest BCUT2D eigenvalue weighted by Gasteiger charge is 2.44. The molecule has 93 heavy (non-hydrogen) atoms. The van der Waals surface area contributed by atoms with Crippen LogP contribution in [0.25, 0.3) is 128 Å². The molecule has 10 aromatic carbocycles. The molecular formula is C84H55N9. The second-order valence-corrected chi connectivity index (χ2v) is 24.3. The largest absolute Gasteiger partial charge is 0.331 e.